The lowest BCUT2D eigenvalue weighted by Gasteiger charge is -2.32. The number of carbonyl (C=O) groups is 1. The summed E-state index contributed by atoms with van der Waals surface area (Å²) in [5.41, 5.74) is 6.17. The van der Waals surface area contributed by atoms with Crippen molar-refractivity contribution in [1.29, 1.82) is 5.26 Å². The molecule has 2 aromatic heterocycles. The summed E-state index contributed by atoms with van der Waals surface area (Å²) in [4.78, 5) is 16.1. The number of hydrogen-bond donors (Lipinski definition) is 2. The predicted molar refractivity (Wildman–Crippen MR) is 125 cm³/mol. The molecule has 0 spiro atoms. The lowest BCUT2D eigenvalue weighted by molar-refractivity contribution is -0.114. The molecular weight excluding hydrogens is 400 g/mol. The topological polar surface area (TPSA) is 95.6 Å². The molecule has 0 aliphatic heterocycles. The second-order valence-electron chi connectivity index (χ2n) is 8.52. The Hall–Kier alpha value is -3.66. The number of carbonyl (C=O) groups excluding carboxylic acids is 1. The van der Waals surface area contributed by atoms with Gasteiger partial charge in [-0.1, -0.05) is 6.07 Å². The van der Waals surface area contributed by atoms with Crippen molar-refractivity contribution < 1.29 is 4.79 Å². The first kappa shape index (κ1) is 21.6. The van der Waals surface area contributed by atoms with Gasteiger partial charge in [0.1, 0.15) is 11.9 Å². The van der Waals surface area contributed by atoms with Crippen molar-refractivity contribution in [2.75, 3.05) is 10.6 Å². The molecule has 1 saturated carbocycles. The van der Waals surface area contributed by atoms with Crippen LogP contribution in [0.1, 0.15) is 55.2 Å². The maximum absolute atomic E-state index is 11.7. The number of nitriles is 1. The van der Waals surface area contributed by atoms with Gasteiger partial charge in [0.25, 0.3) is 0 Å². The zero-order valence-electron chi connectivity index (χ0n) is 18.7. The highest BCUT2D eigenvalue weighted by molar-refractivity contribution is 5.90. The normalized spacial score (nSPS) is 18.1. The Morgan fingerprint density at radius 2 is 1.94 bits per heavy atom. The minimum atomic E-state index is -0.0593. The van der Waals surface area contributed by atoms with E-state index in [1.165, 1.54) is 11.1 Å². The third kappa shape index (κ3) is 4.65. The predicted octanol–water partition coefficient (Wildman–Crippen LogP) is 4.76. The zero-order valence-corrected chi connectivity index (χ0v) is 18.7. The first-order chi connectivity index (χ1) is 15.4. The standard InChI is InChI=1S/C25H28N6O/c1-16-23(29-17(2)32)10-9-22(20-14-28-31(3)15-20)25(16)19-5-7-21(8-6-19)30-24-11-4-18(12-26)13-27-24/h4,9-11,13-15,19,21H,5-8H2,1-3H3,(H,27,30)(H,29,32). The van der Waals surface area contributed by atoms with E-state index < -0.39 is 0 Å². The molecule has 0 atom stereocenters. The van der Waals surface area contributed by atoms with E-state index in [0.29, 0.717) is 17.5 Å². The SMILES string of the molecule is CC(=O)Nc1ccc(-c2cnn(C)c2)c(C2CCC(Nc3ccc(C#N)cn3)CC2)c1C. The van der Waals surface area contributed by atoms with Gasteiger partial charge in [0.2, 0.25) is 5.91 Å². The van der Waals surface area contributed by atoms with Crippen molar-refractivity contribution in [2.45, 2.75) is 51.5 Å². The number of benzene rings is 1. The molecular formula is C25H28N6O. The van der Waals surface area contributed by atoms with Gasteiger partial charge in [-0.2, -0.15) is 10.4 Å². The van der Waals surface area contributed by atoms with Crippen LogP contribution in [0.15, 0.2) is 42.9 Å². The molecule has 0 bridgehead atoms. The molecule has 0 saturated heterocycles. The second-order valence-corrected chi connectivity index (χ2v) is 8.52. The van der Waals surface area contributed by atoms with E-state index in [1.807, 2.05) is 36.3 Å². The third-order valence-electron chi connectivity index (χ3n) is 6.22. The summed E-state index contributed by atoms with van der Waals surface area (Å²) >= 11 is 0. The van der Waals surface area contributed by atoms with Crippen molar-refractivity contribution in [3.63, 3.8) is 0 Å². The lowest BCUT2D eigenvalue weighted by Crippen LogP contribution is -2.26. The van der Waals surface area contributed by atoms with Crippen LogP contribution in [0, 0.1) is 18.3 Å². The highest BCUT2D eigenvalue weighted by Crippen LogP contribution is 2.42. The van der Waals surface area contributed by atoms with Gasteiger partial charge in [-0.05, 0) is 73.4 Å². The van der Waals surface area contributed by atoms with E-state index in [0.717, 1.165) is 48.3 Å². The molecule has 32 heavy (non-hydrogen) atoms. The van der Waals surface area contributed by atoms with Crippen LogP contribution in [0.3, 0.4) is 0 Å². The molecule has 1 amide bonds. The minimum absolute atomic E-state index is 0.0593. The number of amides is 1. The van der Waals surface area contributed by atoms with Gasteiger partial charge in [-0.3, -0.25) is 9.48 Å². The number of nitrogens with one attached hydrogen (secondary N) is 2. The molecule has 0 unspecified atom stereocenters. The number of anilines is 2. The molecule has 0 radical (unpaired) electrons. The van der Waals surface area contributed by atoms with E-state index in [1.54, 1.807) is 19.2 Å². The number of aryl methyl sites for hydroxylation is 1. The van der Waals surface area contributed by atoms with Crippen LogP contribution in [0.2, 0.25) is 0 Å². The van der Waals surface area contributed by atoms with E-state index in [2.05, 4.69) is 39.8 Å². The molecule has 3 aromatic rings. The molecule has 1 aliphatic rings. The van der Waals surface area contributed by atoms with Gasteiger partial charge in [0.05, 0.1) is 11.8 Å². The molecule has 1 aliphatic carbocycles. The Morgan fingerprint density at radius 3 is 2.53 bits per heavy atom. The molecule has 4 rings (SSSR count). The van der Waals surface area contributed by atoms with Crippen LogP contribution >= 0.6 is 0 Å². The van der Waals surface area contributed by atoms with Gasteiger partial charge >= 0.3 is 0 Å². The highest BCUT2D eigenvalue weighted by atomic mass is 16.1. The van der Waals surface area contributed by atoms with Crippen molar-refractivity contribution in [2.24, 2.45) is 7.05 Å². The van der Waals surface area contributed by atoms with Gasteiger partial charge < -0.3 is 10.6 Å². The molecule has 1 fully saturated rings. The zero-order chi connectivity index (χ0) is 22.7. The van der Waals surface area contributed by atoms with Gasteiger partial charge in [-0.25, -0.2) is 4.98 Å². The van der Waals surface area contributed by atoms with E-state index in [4.69, 9.17) is 5.26 Å². The minimum Gasteiger partial charge on any atom is -0.367 e. The first-order valence-electron chi connectivity index (χ1n) is 11.0. The van der Waals surface area contributed by atoms with Crippen LogP contribution in [0.5, 0.6) is 0 Å². The average Bonchev–Trinajstić information content (AvgIpc) is 3.22. The molecule has 2 N–H and O–H groups in total. The summed E-state index contributed by atoms with van der Waals surface area (Å²) in [6.07, 6.45) is 9.70. The maximum atomic E-state index is 11.7. The number of hydrogen-bond acceptors (Lipinski definition) is 5. The van der Waals surface area contributed by atoms with Crippen molar-refractivity contribution in [3.8, 4) is 17.2 Å². The quantitative estimate of drug-likeness (QED) is 0.611. The van der Waals surface area contributed by atoms with E-state index in [-0.39, 0.29) is 5.91 Å². The summed E-state index contributed by atoms with van der Waals surface area (Å²) in [5.74, 6) is 1.16. The Kier molecular flexibility index (Phi) is 6.22. The first-order valence-corrected chi connectivity index (χ1v) is 11.0. The Bertz CT molecular complexity index is 1150. The van der Waals surface area contributed by atoms with Crippen LogP contribution < -0.4 is 10.6 Å². The summed E-state index contributed by atoms with van der Waals surface area (Å²) in [5, 5.41) is 19.8. The lowest BCUT2D eigenvalue weighted by atomic mass is 9.77. The monoisotopic (exact) mass is 428 g/mol. The van der Waals surface area contributed by atoms with Crippen molar-refractivity contribution in [3.05, 3.63) is 59.5 Å². The largest absolute Gasteiger partial charge is 0.367 e. The number of rotatable bonds is 5. The third-order valence-corrected chi connectivity index (χ3v) is 6.22. The summed E-state index contributed by atoms with van der Waals surface area (Å²) < 4.78 is 1.82. The van der Waals surface area contributed by atoms with E-state index in [9.17, 15) is 4.79 Å². The molecule has 2 heterocycles. The number of nitrogens with zero attached hydrogens (tertiary/aromatic N) is 4. The smallest absolute Gasteiger partial charge is 0.221 e. The Labute approximate surface area is 188 Å². The molecule has 164 valence electrons. The van der Waals surface area contributed by atoms with Crippen LogP contribution in [-0.4, -0.2) is 26.7 Å². The van der Waals surface area contributed by atoms with Crippen LogP contribution in [0.4, 0.5) is 11.5 Å². The Balaban J connectivity index is 1.55. The maximum Gasteiger partial charge on any atom is 0.221 e. The molecule has 7 nitrogen and oxygen atoms in total. The molecule has 1 aromatic carbocycles. The second kappa shape index (κ2) is 9.23. The summed E-state index contributed by atoms with van der Waals surface area (Å²) in [6.45, 7) is 3.65. The highest BCUT2D eigenvalue weighted by Gasteiger charge is 2.27. The van der Waals surface area contributed by atoms with E-state index >= 15 is 0 Å². The summed E-state index contributed by atoms with van der Waals surface area (Å²) in [6, 6.07) is 10.2. The van der Waals surface area contributed by atoms with Crippen LogP contribution in [-0.2, 0) is 11.8 Å². The van der Waals surface area contributed by atoms with Gasteiger partial charge in [0.15, 0.2) is 0 Å². The van der Waals surface area contributed by atoms with Crippen molar-refractivity contribution in [1.82, 2.24) is 14.8 Å². The average molecular weight is 429 g/mol. The molecule has 7 heteroatoms. The van der Waals surface area contributed by atoms with Gasteiger partial charge in [0, 0.05) is 43.7 Å². The fourth-order valence-electron chi connectivity index (χ4n) is 4.67. The fourth-order valence-corrected chi connectivity index (χ4v) is 4.67. The number of pyridine rings is 1. The number of aromatic nitrogens is 3. The van der Waals surface area contributed by atoms with Gasteiger partial charge in [-0.15, -0.1) is 0 Å². The van der Waals surface area contributed by atoms with Crippen LogP contribution in [0.25, 0.3) is 11.1 Å². The Morgan fingerprint density at radius 1 is 1.16 bits per heavy atom. The summed E-state index contributed by atoms with van der Waals surface area (Å²) in [7, 11) is 1.93. The fraction of sp³-hybridized carbons (Fsp3) is 0.360. The van der Waals surface area contributed by atoms with Crippen molar-refractivity contribution >= 4 is 17.4 Å².